The van der Waals surface area contributed by atoms with Gasteiger partial charge in [-0.05, 0) is 42.5 Å². The number of carbonyl (C=O) groups is 1. The zero-order valence-electron chi connectivity index (χ0n) is 21.6. The number of phenolic OH excluding ortho intramolecular Hbond substituents is 4. The molecule has 0 saturated heterocycles. The minimum Gasteiger partial charge on any atom is -0.507 e. The van der Waals surface area contributed by atoms with Crippen LogP contribution in [0.15, 0.2) is 62.5 Å². The van der Waals surface area contributed by atoms with Crippen LogP contribution in [0.2, 0.25) is 0 Å². The van der Waals surface area contributed by atoms with Gasteiger partial charge in [0.15, 0.2) is 17.3 Å². The largest absolute Gasteiger partial charge is 0.507 e. The van der Waals surface area contributed by atoms with Crippen LogP contribution < -0.4 is 15.7 Å². The monoisotopic (exact) mass is 561 g/mol. The highest BCUT2D eigenvalue weighted by molar-refractivity contribution is 5.92. The molecule has 3 aromatic carbocycles. The number of hydrogen-bond donors (Lipinski definition) is 6. The molecule has 5 aromatic rings. The summed E-state index contributed by atoms with van der Waals surface area (Å²) in [6.45, 7) is 0. The number of hydrogen-bond acceptors (Lipinski definition) is 11. The maximum absolute atomic E-state index is 13.3. The zero-order valence-corrected chi connectivity index (χ0v) is 21.6. The maximum Gasteiger partial charge on any atom is 0.306 e. The number of esters is 1. The summed E-state index contributed by atoms with van der Waals surface area (Å²) in [5.41, 5.74) is -1.97. The molecule has 2 heterocycles. The number of aromatic hydroxyl groups is 5. The van der Waals surface area contributed by atoms with Crippen molar-refractivity contribution in [1.29, 1.82) is 0 Å². The Kier molecular flexibility index (Phi) is 6.67. The van der Waals surface area contributed by atoms with Crippen LogP contribution >= 0.6 is 0 Å². The third-order valence-electron chi connectivity index (χ3n) is 6.78. The molecule has 6 N–H and O–H groups in total. The predicted molar refractivity (Wildman–Crippen MR) is 146 cm³/mol. The van der Waals surface area contributed by atoms with E-state index in [9.17, 15) is 39.9 Å². The third-order valence-corrected chi connectivity index (χ3v) is 6.78. The number of methoxy groups -OCH3 is 2. The van der Waals surface area contributed by atoms with E-state index in [2.05, 4.69) is 4.98 Å². The first-order valence-electron chi connectivity index (χ1n) is 12.1. The SMILES string of the molecule is COC(=O)C[C@@H](c1cc2cc(OC)ccc2[nH]c1=O)c1c(O)cc(O)c2c(=O)c(O)c(-c3ccc(O)c(O)c3)oc12. The van der Waals surface area contributed by atoms with Crippen LogP contribution in [0.3, 0.4) is 0 Å². The second kappa shape index (κ2) is 10.2. The summed E-state index contributed by atoms with van der Waals surface area (Å²) in [6, 6.07) is 10.6. The number of benzene rings is 3. The third kappa shape index (κ3) is 4.61. The predicted octanol–water partition coefficient (Wildman–Crippen LogP) is 3.53. The Labute approximate surface area is 229 Å². The maximum atomic E-state index is 13.3. The molecule has 0 fully saturated rings. The molecular weight excluding hydrogens is 538 g/mol. The number of rotatable bonds is 6. The average Bonchev–Trinajstić information content (AvgIpc) is 2.94. The Bertz CT molecular complexity index is 1970. The van der Waals surface area contributed by atoms with Gasteiger partial charge in [0.2, 0.25) is 11.2 Å². The highest BCUT2D eigenvalue weighted by Crippen LogP contribution is 2.44. The van der Waals surface area contributed by atoms with Gasteiger partial charge in [-0.1, -0.05) is 0 Å². The van der Waals surface area contributed by atoms with Crippen LogP contribution in [0.4, 0.5) is 0 Å². The fourth-order valence-electron chi connectivity index (χ4n) is 4.75. The van der Waals surface area contributed by atoms with E-state index in [0.717, 1.165) is 25.3 Å². The van der Waals surface area contributed by atoms with E-state index >= 15 is 0 Å². The van der Waals surface area contributed by atoms with E-state index in [1.807, 2.05) is 0 Å². The standard InChI is InChI=1S/C29H23NO11/c1-39-14-4-5-17-13(7-14)8-16(29(38)30-17)15(10-22(35)40-2)23-20(33)11-21(34)24-25(36)26(37)27(41-28(23)24)12-3-6-18(31)19(32)9-12/h3-9,11,15,31-34,37H,10H2,1-2H3,(H,30,38)/t15-/m0/s1. The van der Waals surface area contributed by atoms with E-state index < -0.39 is 74.8 Å². The van der Waals surface area contributed by atoms with Gasteiger partial charge in [0, 0.05) is 39.6 Å². The number of carbonyl (C=O) groups excluding carboxylic acids is 1. The van der Waals surface area contributed by atoms with Crippen LogP contribution in [-0.2, 0) is 9.53 Å². The first-order chi connectivity index (χ1) is 19.5. The van der Waals surface area contributed by atoms with Crippen LogP contribution in [-0.4, -0.2) is 50.7 Å². The highest BCUT2D eigenvalue weighted by atomic mass is 16.5. The lowest BCUT2D eigenvalue weighted by molar-refractivity contribution is -0.140. The van der Waals surface area contributed by atoms with Crippen molar-refractivity contribution >= 4 is 27.8 Å². The minimum atomic E-state index is -1.28. The number of H-pyrrole nitrogens is 1. The molecule has 210 valence electrons. The summed E-state index contributed by atoms with van der Waals surface area (Å²) in [5.74, 6) is -5.39. The summed E-state index contributed by atoms with van der Waals surface area (Å²) < 4.78 is 16.0. The molecule has 0 amide bonds. The lowest BCUT2D eigenvalue weighted by Gasteiger charge is -2.20. The van der Waals surface area contributed by atoms with Gasteiger partial charge in [-0.15, -0.1) is 0 Å². The molecule has 2 aromatic heterocycles. The van der Waals surface area contributed by atoms with Gasteiger partial charge >= 0.3 is 5.97 Å². The van der Waals surface area contributed by atoms with Crippen LogP contribution in [0.5, 0.6) is 34.5 Å². The normalized spacial score (nSPS) is 12.0. The smallest absolute Gasteiger partial charge is 0.306 e. The molecule has 5 rings (SSSR count). The topological polar surface area (TPSA) is 200 Å². The molecule has 0 saturated carbocycles. The molecule has 0 spiro atoms. The van der Waals surface area contributed by atoms with Gasteiger partial charge in [0.05, 0.1) is 20.6 Å². The molecule has 0 unspecified atom stereocenters. The number of aromatic amines is 1. The van der Waals surface area contributed by atoms with Gasteiger partial charge in [-0.25, -0.2) is 0 Å². The van der Waals surface area contributed by atoms with Crippen molar-refractivity contribution in [1.82, 2.24) is 4.98 Å². The molecule has 0 bridgehead atoms. The van der Waals surface area contributed by atoms with Crippen molar-refractivity contribution in [2.45, 2.75) is 12.3 Å². The Morgan fingerprint density at radius 1 is 0.902 bits per heavy atom. The van der Waals surface area contributed by atoms with Gasteiger partial charge in [-0.3, -0.25) is 14.4 Å². The Morgan fingerprint density at radius 2 is 1.66 bits per heavy atom. The Balaban J connectivity index is 1.87. The van der Waals surface area contributed by atoms with Crippen LogP contribution in [0.25, 0.3) is 33.2 Å². The Morgan fingerprint density at radius 3 is 2.34 bits per heavy atom. The number of pyridine rings is 1. The van der Waals surface area contributed by atoms with E-state index in [1.54, 1.807) is 18.2 Å². The first kappa shape index (κ1) is 26.9. The van der Waals surface area contributed by atoms with E-state index in [0.29, 0.717) is 16.7 Å². The number of nitrogens with one attached hydrogen (secondary N) is 1. The van der Waals surface area contributed by atoms with Crippen molar-refractivity contribution in [3.8, 4) is 45.8 Å². The van der Waals surface area contributed by atoms with Crippen LogP contribution in [0, 0.1) is 0 Å². The van der Waals surface area contributed by atoms with Crippen molar-refractivity contribution in [3.05, 3.63) is 80.2 Å². The fraction of sp³-hybridized carbons (Fsp3) is 0.138. The summed E-state index contributed by atoms with van der Waals surface area (Å²) >= 11 is 0. The van der Waals surface area contributed by atoms with Crippen molar-refractivity contribution < 1.29 is 44.2 Å². The van der Waals surface area contributed by atoms with Gasteiger partial charge < -0.3 is 44.4 Å². The molecule has 41 heavy (non-hydrogen) atoms. The number of phenols is 4. The molecule has 0 aliphatic carbocycles. The fourth-order valence-corrected chi connectivity index (χ4v) is 4.75. The van der Waals surface area contributed by atoms with Crippen molar-refractivity contribution in [2.75, 3.05) is 14.2 Å². The van der Waals surface area contributed by atoms with Gasteiger partial charge in [-0.2, -0.15) is 0 Å². The minimum absolute atomic E-state index is 0.0157. The number of ether oxygens (including phenoxy) is 2. The van der Waals surface area contributed by atoms with Crippen molar-refractivity contribution in [3.63, 3.8) is 0 Å². The summed E-state index contributed by atoms with van der Waals surface area (Å²) in [6.07, 6.45) is -0.498. The number of aromatic nitrogens is 1. The van der Waals surface area contributed by atoms with E-state index in [-0.39, 0.29) is 16.7 Å². The number of fused-ring (bicyclic) bond motifs is 2. The molecule has 0 radical (unpaired) electrons. The quantitative estimate of drug-likeness (QED) is 0.131. The van der Waals surface area contributed by atoms with E-state index in [1.165, 1.54) is 19.2 Å². The molecular formula is C29H23NO11. The Hall–Kier alpha value is -5.65. The van der Waals surface area contributed by atoms with Crippen molar-refractivity contribution in [2.24, 2.45) is 0 Å². The lowest BCUT2D eigenvalue weighted by Crippen LogP contribution is -2.20. The van der Waals surface area contributed by atoms with Gasteiger partial charge in [0.1, 0.15) is 28.2 Å². The molecule has 12 nitrogen and oxygen atoms in total. The van der Waals surface area contributed by atoms with Crippen LogP contribution in [0.1, 0.15) is 23.5 Å². The first-order valence-corrected chi connectivity index (χ1v) is 12.1. The molecule has 0 aliphatic rings. The molecule has 12 heteroatoms. The molecule has 0 aliphatic heterocycles. The second-order valence-corrected chi connectivity index (χ2v) is 9.18. The summed E-state index contributed by atoms with van der Waals surface area (Å²) in [5, 5.41) is 52.0. The molecule has 1 atom stereocenters. The highest BCUT2D eigenvalue weighted by Gasteiger charge is 2.31. The lowest BCUT2D eigenvalue weighted by atomic mass is 9.86. The summed E-state index contributed by atoms with van der Waals surface area (Å²) in [7, 11) is 2.61. The zero-order chi connectivity index (χ0) is 29.6. The average molecular weight is 561 g/mol. The second-order valence-electron chi connectivity index (χ2n) is 9.18. The van der Waals surface area contributed by atoms with E-state index in [4.69, 9.17) is 13.9 Å². The van der Waals surface area contributed by atoms with Gasteiger partial charge in [0.25, 0.3) is 5.56 Å². The summed E-state index contributed by atoms with van der Waals surface area (Å²) in [4.78, 5) is 41.9.